The Kier molecular flexibility index (Phi) is 4.18. The molecule has 0 bridgehead atoms. The molecule has 1 aromatic rings. The van der Waals surface area contributed by atoms with Crippen LogP contribution >= 0.6 is 0 Å². The number of benzene rings is 1. The molecule has 3 heteroatoms. The van der Waals surface area contributed by atoms with Gasteiger partial charge in [0.15, 0.2) is 0 Å². The van der Waals surface area contributed by atoms with Crippen molar-refractivity contribution in [3.8, 4) is 0 Å². The van der Waals surface area contributed by atoms with Gasteiger partial charge in [-0.15, -0.1) is 0 Å². The quantitative estimate of drug-likeness (QED) is 0.810. The summed E-state index contributed by atoms with van der Waals surface area (Å²) >= 11 is 0. The van der Waals surface area contributed by atoms with Gasteiger partial charge in [0.05, 0.1) is 14.2 Å². The molecule has 0 aliphatic carbocycles. The van der Waals surface area contributed by atoms with Crippen molar-refractivity contribution in [2.75, 3.05) is 6.54 Å². The largest absolute Gasteiger partial charge is 0.387 e. The summed E-state index contributed by atoms with van der Waals surface area (Å²) in [6.07, 6.45) is -0.541. The zero-order chi connectivity index (χ0) is 13.3. The third kappa shape index (κ3) is 2.79. The molecule has 1 atom stereocenters. The highest BCUT2D eigenvalue weighted by atomic mass is 28.3. The minimum Gasteiger partial charge on any atom is -0.387 e. The first-order valence-corrected chi connectivity index (χ1v) is 9.19. The second-order valence-corrected chi connectivity index (χ2v) is 11.5. The standard InChI is InChI=1S/C14H25NOSi/c1-14(2,3)17(4,5)13-9-7-6-8-11(13)12(16)10-15/h6-9,12,16H,10,15H2,1-5H3/t12-/m0/s1. The molecule has 1 aromatic carbocycles. The maximum atomic E-state index is 10.0. The summed E-state index contributed by atoms with van der Waals surface area (Å²) in [6, 6.07) is 8.20. The average molecular weight is 251 g/mol. The number of nitrogens with two attached hydrogens (primary N) is 1. The van der Waals surface area contributed by atoms with Crippen molar-refractivity contribution in [2.24, 2.45) is 5.73 Å². The highest BCUT2D eigenvalue weighted by molar-refractivity contribution is 6.92. The minimum absolute atomic E-state index is 0.261. The molecule has 0 unspecified atom stereocenters. The molecule has 3 N–H and O–H groups in total. The fraction of sp³-hybridized carbons (Fsp3) is 0.571. The zero-order valence-electron chi connectivity index (χ0n) is 11.6. The van der Waals surface area contributed by atoms with Gasteiger partial charge in [0, 0.05) is 6.54 Å². The van der Waals surface area contributed by atoms with E-state index in [2.05, 4.69) is 46.0 Å². The van der Waals surface area contributed by atoms with E-state index in [0.29, 0.717) is 0 Å². The number of hydrogen-bond acceptors (Lipinski definition) is 2. The predicted molar refractivity (Wildman–Crippen MR) is 77.3 cm³/mol. The van der Waals surface area contributed by atoms with Crippen molar-refractivity contribution in [2.45, 2.75) is 45.0 Å². The van der Waals surface area contributed by atoms with Gasteiger partial charge in [0.25, 0.3) is 0 Å². The molecule has 0 saturated carbocycles. The van der Waals surface area contributed by atoms with E-state index < -0.39 is 14.2 Å². The van der Waals surface area contributed by atoms with Crippen molar-refractivity contribution in [3.05, 3.63) is 29.8 Å². The Labute approximate surface area is 106 Å². The van der Waals surface area contributed by atoms with Gasteiger partial charge in [0.2, 0.25) is 0 Å². The Balaban J connectivity index is 3.31. The van der Waals surface area contributed by atoms with E-state index in [9.17, 15) is 5.11 Å². The van der Waals surface area contributed by atoms with Gasteiger partial charge >= 0.3 is 0 Å². The summed E-state index contributed by atoms with van der Waals surface area (Å²) in [7, 11) is -1.62. The van der Waals surface area contributed by atoms with Gasteiger partial charge < -0.3 is 10.8 Å². The second kappa shape index (κ2) is 4.92. The maximum absolute atomic E-state index is 10.0. The Morgan fingerprint density at radius 3 is 2.24 bits per heavy atom. The van der Waals surface area contributed by atoms with Crippen LogP contribution in [-0.4, -0.2) is 19.7 Å². The van der Waals surface area contributed by atoms with Crippen LogP contribution in [0.1, 0.15) is 32.4 Å². The summed E-state index contributed by atoms with van der Waals surface area (Å²) in [5, 5.41) is 11.6. The minimum atomic E-state index is -1.62. The van der Waals surface area contributed by atoms with Gasteiger partial charge in [-0.3, -0.25) is 0 Å². The van der Waals surface area contributed by atoms with Gasteiger partial charge in [-0.2, -0.15) is 0 Å². The molecule has 0 heterocycles. The number of aliphatic hydroxyl groups is 1. The lowest BCUT2D eigenvalue weighted by atomic mass is 10.1. The van der Waals surface area contributed by atoms with E-state index in [1.54, 1.807) is 0 Å². The average Bonchev–Trinajstić information content (AvgIpc) is 2.26. The lowest BCUT2D eigenvalue weighted by Gasteiger charge is -2.39. The van der Waals surface area contributed by atoms with Crippen LogP contribution in [0.2, 0.25) is 18.1 Å². The molecule has 0 aromatic heterocycles. The normalized spacial score (nSPS) is 14.8. The molecule has 0 amide bonds. The van der Waals surface area contributed by atoms with Gasteiger partial charge in [-0.05, 0) is 10.6 Å². The van der Waals surface area contributed by atoms with Crippen molar-refractivity contribution >= 4 is 13.3 Å². The third-order valence-electron chi connectivity index (χ3n) is 4.09. The summed E-state index contributed by atoms with van der Waals surface area (Å²) in [5.74, 6) is 0. The maximum Gasteiger partial charge on any atom is 0.0911 e. The molecule has 96 valence electrons. The Hall–Kier alpha value is -0.643. The van der Waals surface area contributed by atoms with Crippen LogP contribution in [-0.2, 0) is 0 Å². The fourth-order valence-corrected chi connectivity index (χ4v) is 4.18. The first-order valence-electron chi connectivity index (χ1n) is 6.19. The van der Waals surface area contributed by atoms with Gasteiger partial charge in [0.1, 0.15) is 0 Å². The van der Waals surface area contributed by atoms with Crippen LogP contribution in [0.25, 0.3) is 0 Å². The van der Waals surface area contributed by atoms with E-state index in [4.69, 9.17) is 5.73 Å². The number of aliphatic hydroxyl groups excluding tert-OH is 1. The summed E-state index contributed by atoms with van der Waals surface area (Å²) < 4.78 is 0. The second-order valence-electron chi connectivity index (χ2n) is 6.21. The third-order valence-corrected chi connectivity index (χ3v) is 9.64. The van der Waals surface area contributed by atoms with Crippen LogP contribution in [0.15, 0.2) is 24.3 Å². The van der Waals surface area contributed by atoms with Gasteiger partial charge in [-0.25, -0.2) is 0 Å². The molecule has 0 radical (unpaired) electrons. The molecule has 0 aliphatic heterocycles. The first kappa shape index (κ1) is 14.4. The number of hydrogen-bond donors (Lipinski definition) is 2. The summed E-state index contributed by atoms with van der Waals surface area (Å²) in [5.41, 5.74) is 6.61. The molecule has 2 nitrogen and oxygen atoms in total. The Morgan fingerprint density at radius 2 is 1.76 bits per heavy atom. The molecule has 1 rings (SSSR count). The van der Waals surface area contributed by atoms with E-state index in [1.165, 1.54) is 5.19 Å². The highest BCUT2D eigenvalue weighted by Crippen LogP contribution is 2.36. The van der Waals surface area contributed by atoms with Crippen LogP contribution in [0.4, 0.5) is 0 Å². The number of rotatable bonds is 3. The highest BCUT2D eigenvalue weighted by Gasteiger charge is 2.38. The smallest absolute Gasteiger partial charge is 0.0911 e. The van der Waals surface area contributed by atoms with Crippen LogP contribution in [0.5, 0.6) is 0 Å². The Morgan fingerprint density at radius 1 is 1.24 bits per heavy atom. The van der Waals surface area contributed by atoms with Crippen molar-refractivity contribution in [3.63, 3.8) is 0 Å². The van der Waals surface area contributed by atoms with E-state index in [1.807, 2.05) is 12.1 Å². The molecular weight excluding hydrogens is 226 g/mol. The predicted octanol–water partition coefficient (Wildman–Crippen LogP) is 2.39. The van der Waals surface area contributed by atoms with Crippen molar-refractivity contribution < 1.29 is 5.11 Å². The zero-order valence-corrected chi connectivity index (χ0v) is 12.6. The van der Waals surface area contributed by atoms with Crippen LogP contribution < -0.4 is 10.9 Å². The SMILES string of the molecule is CC(C)(C)[Si](C)(C)c1ccccc1[C@@H](O)CN. The topological polar surface area (TPSA) is 46.2 Å². The molecule has 0 aliphatic rings. The van der Waals surface area contributed by atoms with Crippen LogP contribution in [0.3, 0.4) is 0 Å². The lowest BCUT2D eigenvalue weighted by Crippen LogP contribution is -2.51. The summed E-state index contributed by atoms with van der Waals surface area (Å²) in [6.45, 7) is 11.8. The van der Waals surface area contributed by atoms with Gasteiger partial charge in [-0.1, -0.05) is 63.3 Å². The molecular formula is C14H25NOSi. The molecule has 0 saturated heterocycles. The van der Waals surface area contributed by atoms with Crippen LogP contribution in [0, 0.1) is 0 Å². The fourth-order valence-electron chi connectivity index (χ4n) is 1.89. The summed E-state index contributed by atoms with van der Waals surface area (Å²) in [4.78, 5) is 0. The van der Waals surface area contributed by atoms with E-state index in [0.717, 1.165) is 5.56 Å². The molecule has 0 fully saturated rings. The monoisotopic (exact) mass is 251 g/mol. The van der Waals surface area contributed by atoms with E-state index >= 15 is 0 Å². The Bertz CT molecular complexity index is 382. The lowest BCUT2D eigenvalue weighted by molar-refractivity contribution is 0.187. The molecule has 0 spiro atoms. The van der Waals surface area contributed by atoms with Crippen molar-refractivity contribution in [1.29, 1.82) is 0 Å². The van der Waals surface area contributed by atoms with Crippen molar-refractivity contribution in [1.82, 2.24) is 0 Å². The molecule has 17 heavy (non-hydrogen) atoms. The first-order chi connectivity index (χ1) is 7.71. The van der Waals surface area contributed by atoms with E-state index in [-0.39, 0.29) is 11.6 Å².